The van der Waals surface area contributed by atoms with Gasteiger partial charge in [0.2, 0.25) is 0 Å². The number of unbranched alkanes of at least 4 members (excludes halogenated alkanes) is 10. The van der Waals surface area contributed by atoms with Crippen LogP contribution < -0.4 is 10.4 Å². The molecule has 2 aromatic carbocycles. The molecular weight excluding hydrogens is 404 g/mol. The Morgan fingerprint density at radius 3 is 1.35 bits per heavy atom. The lowest BCUT2D eigenvalue weighted by Crippen LogP contribution is -2.27. The van der Waals surface area contributed by atoms with Crippen LogP contribution >= 0.6 is 0 Å². The van der Waals surface area contributed by atoms with Crippen LogP contribution in [0, 0.1) is 0 Å². The van der Waals surface area contributed by atoms with Crippen molar-refractivity contribution < 1.29 is 0 Å². The lowest BCUT2D eigenvalue weighted by atomic mass is 9.70. The lowest BCUT2D eigenvalue weighted by Gasteiger charge is -2.33. The van der Waals surface area contributed by atoms with E-state index < -0.39 is 0 Å². The van der Waals surface area contributed by atoms with E-state index in [4.69, 9.17) is 0 Å². The molecule has 0 saturated carbocycles. The summed E-state index contributed by atoms with van der Waals surface area (Å²) in [6, 6.07) is 14.0. The van der Waals surface area contributed by atoms with Crippen LogP contribution in [0.1, 0.15) is 115 Å². The van der Waals surface area contributed by atoms with Crippen LogP contribution in [0.15, 0.2) is 36.4 Å². The second kappa shape index (κ2) is 12.2. The number of hydrogen-bond donors (Lipinski definition) is 0. The predicted molar refractivity (Wildman–Crippen MR) is 139 cm³/mol. The summed E-state index contributed by atoms with van der Waals surface area (Å²) in [6.07, 6.45) is 18.9. The third-order valence-electron chi connectivity index (χ3n) is 7.27. The first-order chi connectivity index (χ1) is 15.1. The van der Waals surface area contributed by atoms with E-state index >= 15 is 0 Å². The summed E-state index contributed by atoms with van der Waals surface area (Å²) in [4.78, 5) is 0. The molecule has 0 saturated heterocycles. The maximum absolute atomic E-state index is 3.84. The van der Waals surface area contributed by atoms with Crippen molar-refractivity contribution in [3.63, 3.8) is 0 Å². The second-order valence-electron chi connectivity index (χ2n) is 9.64. The minimum absolute atomic E-state index is 0.172. The molecule has 0 aromatic heterocycles. The fraction of sp³-hybridized carbons (Fsp3) is 0.586. The highest BCUT2D eigenvalue weighted by Crippen LogP contribution is 2.53. The van der Waals surface area contributed by atoms with Gasteiger partial charge >= 0.3 is 0 Å². The molecule has 0 amide bonds. The van der Waals surface area contributed by atoms with Crippen molar-refractivity contribution in [3.05, 3.63) is 47.5 Å². The van der Waals surface area contributed by atoms with Gasteiger partial charge in [0.1, 0.15) is 0 Å². The first-order valence-corrected chi connectivity index (χ1v) is 13.8. The molecule has 0 heterocycles. The summed E-state index contributed by atoms with van der Waals surface area (Å²) in [5.41, 5.74) is 6.22. The van der Waals surface area contributed by atoms with Gasteiger partial charge in [-0.3, -0.25) is 0 Å². The zero-order valence-corrected chi connectivity index (χ0v) is 21.9. The van der Waals surface area contributed by atoms with Gasteiger partial charge < -0.3 is 0 Å². The van der Waals surface area contributed by atoms with Crippen LogP contribution in [0.5, 0.6) is 0 Å². The normalized spacial score (nSPS) is 13.9. The quantitative estimate of drug-likeness (QED) is 0.216. The monoisotopic (exact) mass is 444 g/mol. The van der Waals surface area contributed by atoms with Crippen LogP contribution in [0.2, 0.25) is 0 Å². The van der Waals surface area contributed by atoms with Crippen molar-refractivity contribution in [2.24, 2.45) is 0 Å². The van der Waals surface area contributed by atoms with E-state index in [2.05, 4.69) is 70.7 Å². The first kappa shape index (κ1) is 24.5. The summed E-state index contributed by atoms with van der Waals surface area (Å²) in [7, 11) is 7.69. The lowest BCUT2D eigenvalue weighted by molar-refractivity contribution is 0.398. The number of hydrogen-bond acceptors (Lipinski definition) is 0. The molecule has 0 bridgehead atoms. The van der Waals surface area contributed by atoms with E-state index in [0.29, 0.717) is 0 Å². The molecule has 1 aliphatic carbocycles. The van der Waals surface area contributed by atoms with E-state index in [0.717, 1.165) is 0 Å². The third kappa shape index (κ3) is 6.02. The summed E-state index contributed by atoms with van der Waals surface area (Å²) >= 11 is 0. The molecular formula is C29H40Si2. The Kier molecular flexibility index (Phi) is 9.65. The van der Waals surface area contributed by atoms with E-state index in [1.165, 1.54) is 111 Å². The van der Waals surface area contributed by atoms with Crippen molar-refractivity contribution >= 4 is 30.9 Å². The molecule has 0 nitrogen and oxygen atoms in total. The van der Waals surface area contributed by atoms with Gasteiger partial charge in [0.25, 0.3) is 0 Å². The Labute approximate surface area is 198 Å². The Morgan fingerprint density at radius 2 is 0.935 bits per heavy atom. The molecule has 2 aromatic rings. The highest BCUT2D eigenvalue weighted by atomic mass is 28.1. The van der Waals surface area contributed by atoms with Gasteiger partial charge in [0.05, 0.1) is 20.5 Å². The zero-order chi connectivity index (χ0) is 22.1. The first-order valence-electron chi connectivity index (χ1n) is 12.8. The zero-order valence-electron chi connectivity index (χ0n) is 19.9. The highest BCUT2D eigenvalue weighted by molar-refractivity contribution is 6.33. The van der Waals surface area contributed by atoms with Crippen molar-refractivity contribution in [3.8, 4) is 11.1 Å². The van der Waals surface area contributed by atoms with Crippen LogP contribution in [0.4, 0.5) is 0 Å². The summed E-state index contributed by atoms with van der Waals surface area (Å²) in [5, 5.41) is 2.42. The summed E-state index contributed by atoms with van der Waals surface area (Å²) < 4.78 is 0. The third-order valence-corrected chi connectivity index (χ3v) is 7.90. The van der Waals surface area contributed by atoms with E-state index in [1.54, 1.807) is 11.1 Å². The number of fused-ring (bicyclic) bond motifs is 3. The molecule has 6 radical (unpaired) electrons. The van der Waals surface area contributed by atoms with Gasteiger partial charge in [0, 0.05) is 5.41 Å². The number of rotatable bonds is 14. The number of benzene rings is 2. The van der Waals surface area contributed by atoms with Crippen LogP contribution in [-0.2, 0) is 5.41 Å². The maximum atomic E-state index is 3.84. The molecule has 0 aliphatic heterocycles. The Bertz CT molecular complexity index is 754. The molecule has 2 heteroatoms. The van der Waals surface area contributed by atoms with Crippen molar-refractivity contribution in [2.45, 2.75) is 109 Å². The molecule has 0 fully saturated rings. The van der Waals surface area contributed by atoms with Crippen molar-refractivity contribution in [1.29, 1.82) is 0 Å². The largest absolute Gasteiger partial charge is 0.0711 e. The van der Waals surface area contributed by atoms with Crippen LogP contribution in [-0.4, -0.2) is 20.5 Å². The fourth-order valence-corrected chi connectivity index (χ4v) is 6.03. The minimum Gasteiger partial charge on any atom is -0.0670 e. The van der Waals surface area contributed by atoms with Gasteiger partial charge in [-0.15, -0.1) is 0 Å². The molecule has 0 unspecified atom stereocenters. The van der Waals surface area contributed by atoms with E-state index in [1.807, 2.05) is 0 Å². The van der Waals surface area contributed by atoms with Gasteiger partial charge in [-0.2, -0.15) is 0 Å². The van der Waals surface area contributed by atoms with E-state index in [-0.39, 0.29) is 5.41 Å². The molecule has 1 aliphatic rings. The fourth-order valence-electron chi connectivity index (χ4n) is 5.57. The SMILES string of the molecule is CCCCCCCCC1(CCCCCCCC)c2cc([Si])ccc2-c2ccc([Si])cc21. The Balaban J connectivity index is 1.85. The molecule has 3 rings (SSSR count). The van der Waals surface area contributed by atoms with Crippen molar-refractivity contribution in [1.82, 2.24) is 0 Å². The molecule has 0 N–H and O–H groups in total. The highest BCUT2D eigenvalue weighted by Gasteiger charge is 2.42. The summed E-state index contributed by atoms with van der Waals surface area (Å²) in [6.45, 7) is 4.61. The van der Waals surface area contributed by atoms with Gasteiger partial charge in [-0.1, -0.05) is 138 Å². The van der Waals surface area contributed by atoms with Gasteiger partial charge in [0.15, 0.2) is 0 Å². The maximum Gasteiger partial charge on any atom is 0.0711 e. The topological polar surface area (TPSA) is 0 Å². The average Bonchev–Trinajstić information content (AvgIpc) is 3.02. The van der Waals surface area contributed by atoms with Crippen LogP contribution in [0.25, 0.3) is 11.1 Å². The molecule has 31 heavy (non-hydrogen) atoms. The summed E-state index contributed by atoms with van der Waals surface area (Å²) in [5.74, 6) is 0. The smallest absolute Gasteiger partial charge is 0.0670 e. The van der Waals surface area contributed by atoms with E-state index in [9.17, 15) is 0 Å². The van der Waals surface area contributed by atoms with Crippen molar-refractivity contribution in [2.75, 3.05) is 0 Å². The minimum atomic E-state index is 0.172. The molecule has 0 atom stereocenters. The average molecular weight is 445 g/mol. The van der Waals surface area contributed by atoms with Crippen LogP contribution in [0.3, 0.4) is 0 Å². The van der Waals surface area contributed by atoms with Gasteiger partial charge in [-0.05, 0) is 35.1 Å². The Morgan fingerprint density at radius 1 is 0.548 bits per heavy atom. The Hall–Kier alpha value is -1.13. The second-order valence-corrected chi connectivity index (χ2v) is 10.8. The standard InChI is InChI=1S/C29H40Si2/c1-3-5-7-9-11-13-19-29(20-14-12-10-8-6-4-2)27-21-23(30)15-17-25(27)26-18-16-24(31)22-28(26)29/h15-18,21-22H,3-14,19-20H2,1-2H3. The molecule has 164 valence electrons. The molecule has 0 spiro atoms. The predicted octanol–water partition coefficient (Wildman–Crippen LogP) is 7.04. The van der Waals surface area contributed by atoms with Gasteiger partial charge in [-0.25, -0.2) is 0 Å².